The number of nitrogens with one attached hydrogen (secondary N) is 1. The molecule has 0 saturated carbocycles. The van der Waals surface area contributed by atoms with Crippen LogP contribution in [0.2, 0.25) is 15.1 Å². The van der Waals surface area contributed by atoms with E-state index in [4.69, 9.17) is 50.1 Å². The van der Waals surface area contributed by atoms with Crippen LogP contribution in [0.15, 0.2) is 132 Å². The first-order valence-corrected chi connectivity index (χ1v) is 32.6. The molecule has 15 rings (SSSR count). The number of rotatable bonds is 15. The van der Waals surface area contributed by atoms with E-state index in [9.17, 15) is 0 Å². The van der Waals surface area contributed by atoms with Crippen molar-refractivity contribution in [1.82, 2.24) is 105 Å². The number of aromatic nitrogens is 15. The summed E-state index contributed by atoms with van der Waals surface area (Å²) in [5, 5.41) is 55.0. The molecule has 0 radical (unpaired) electrons. The molecule has 0 unspecified atom stereocenters. The Morgan fingerprint density at radius 1 is 0.441 bits per heavy atom. The molecule has 0 spiro atoms. The lowest BCUT2D eigenvalue weighted by Crippen LogP contribution is -2.45. The van der Waals surface area contributed by atoms with Crippen LogP contribution in [0.1, 0.15) is 34.4 Å². The third kappa shape index (κ3) is 15.3. The Kier molecular flexibility index (Phi) is 23.0. The molecule has 0 amide bonds. The molecular formula is C68H82Cl3N21S. The molecule has 11 aromatic rings. The first kappa shape index (κ1) is 68.1. The zero-order valence-electron chi connectivity index (χ0n) is 50.6. The summed E-state index contributed by atoms with van der Waals surface area (Å²) in [6, 6.07) is 31.6. The van der Waals surface area contributed by atoms with Crippen molar-refractivity contribution in [2.45, 2.75) is 48.3 Å². The smallest absolute Gasteiger partial charge is 0.182 e. The summed E-state index contributed by atoms with van der Waals surface area (Å²) >= 11 is 22.2. The maximum atomic E-state index is 6.91. The molecule has 0 bridgehead atoms. The molecule has 25 heteroatoms. The highest BCUT2D eigenvalue weighted by molar-refractivity contribution is 7.07. The van der Waals surface area contributed by atoms with E-state index in [0.717, 1.165) is 197 Å². The van der Waals surface area contributed by atoms with Crippen molar-refractivity contribution >= 4 is 84.8 Å². The van der Waals surface area contributed by atoms with Crippen LogP contribution in [-0.4, -0.2) is 224 Å². The van der Waals surface area contributed by atoms with Gasteiger partial charge in [0, 0.05) is 126 Å². The summed E-state index contributed by atoms with van der Waals surface area (Å²) in [7, 11) is 6.51. The number of aromatic amines is 1. The molecule has 486 valence electrons. The average Bonchev–Trinajstić information content (AvgIpc) is 1.67. The normalized spacial score (nSPS) is 15.9. The number of thiazole rings is 1. The third-order valence-corrected chi connectivity index (χ3v) is 18.8. The van der Waals surface area contributed by atoms with Crippen molar-refractivity contribution in [3.8, 4) is 56.5 Å². The van der Waals surface area contributed by atoms with Gasteiger partial charge < -0.3 is 14.7 Å². The van der Waals surface area contributed by atoms with Gasteiger partial charge in [-0.3, -0.25) is 19.8 Å². The molecule has 11 heterocycles. The van der Waals surface area contributed by atoms with E-state index < -0.39 is 0 Å². The van der Waals surface area contributed by atoms with Crippen LogP contribution in [0.5, 0.6) is 0 Å². The van der Waals surface area contributed by atoms with Gasteiger partial charge in [0.2, 0.25) is 0 Å². The second-order valence-corrected chi connectivity index (χ2v) is 24.9. The van der Waals surface area contributed by atoms with Crippen molar-refractivity contribution in [1.29, 1.82) is 0 Å². The number of halogens is 3. The van der Waals surface area contributed by atoms with Crippen molar-refractivity contribution in [2.24, 2.45) is 0 Å². The molecule has 93 heavy (non-hydrogen) atoms. The van der Waals surface area contributed by atoms with Gasteiger partial charge in [0.1, 0.15) is 39.9 Å². The fourth-order valence-electron chi connectivity index (χ4n) is 11.7. The van der Waals surface area contributed by atoms with E-state index >= 15 is 0 Å². The van der Waals surface area contributed by atoms with Crippen LogP contribution in [-0.2, 0) is 19.6 Å². The highest BCUT2D eigenvalue weighted by Gasteiger charge is 2.27. The molecule has 0 atom stereocenters. The summed E-state index contributed by atoms with van der Waals surface area (Å²) < 4.78 is 5.82. The van der Waals surface area contributed by atoms with E-state index in [1.165, 1.54) is 0 Å². The number of allylic oxidation sites excluding steroid dienone is 4. The highest BCUT2D eigenvalue weighted by atomic mass is 35.5. The largest absolute Gasteiger partial charge is 0.304 e. The molecule has 1 N–H and O–H groups in total. The minimum Gasteiger partial charge on any atom is -0.304 e. The SMILES string of the molecule is C.C.C.CN1CCN(CCn2nc(-c3ccn[nH]3)c3c(Cl)c(-c4ccccc4)nnc32)CC1.CN1CCN(CCn2nc(-c3cscn3)c3c(Cl)c(-c4ccccc4)nnc32)CC1.CN1CCN(CCn2nc(C3=CCC=C3)c3c(Cl)c(-c4ccccc4)nnc32)CC1. The van der Waals surface area contributed by atoms with Crippen molar-refractivity contribution < 1.29 is 0 Å². The Balaban J connectivity index is 0.000000150. The van der Waals surface area contributed by atoms with Gasteiger partial charge in [0.15, 0.2) is 16.9 Å². The molecule has 4 aliphatic rings. The quantitative estimate of drug-likeness (QED) is 0.102. The summed E-state index contributed by atoms with van der Waals surface area (Å²) in [4.78, 5) is 18.9. The van der Waals surface area contributed by atoms with Crippen LogP contribution in [0.25, 0.3) is 95.2 Å². The number of benzene rings is 3. The average molecular weight is 1330 g/mol. The number of hydrogen-bond acceptors (Lipinski definition) is 18. The van der Waals surface area contributed by atoms with Crippen LogP contribution >= 0.6 is 46.1 Å². The lowest BCUT2D eigenvalue weighted by molar-refractivity contribution is 0.149. The van der Waals surface area contributed by atoms with Crippen LogP contribution in [0, 0.1) is 0 Å². The van der Waals surface area contributed by atoms with Gasteiger partial charge in [-0.2, -0.15) is 20.4 Å². The number of fused-ring (bicyclic) bond motifs is 3. The minimum absolute atomic E-state index is 0. The van der Waals surface area contributed by atoms with Gasteiger partial charge in [-0.25, -0.2) is 19.0 Å². The van der Waals surface area contributed by atoms with Gasteiger partial charge in [-0.05, 0) is 39.2 Å². The number of H-pyrrole nitrogens is 1. The first-order chi connectivity index (χ1) is 44.1. The Morgan fingerprint density at radius 3 is 1.19 bits per heavy atom. The standard InChI is InChI=1S/C23H25ClN6.C21H23ClN8.C21H22ClN7S.3CH4/c1-28-11-13-29(14-12-28)15-16-30-23-19(21(27-30)17-9-5-6-10-17)20(24)22(25-26-23)18-7-3-2-4-8-18;1-28-9-11-29(12-10-28)13-14-30-21-17(20(27-30)16-7-8-23-24-16)18(22)19(25-26-21)15-5-3-2-4-6-15;1-27-7-9-28(10-8-27)11-12-29-21-17(20(26-29)16-13-30-14-23-16)18(22)19(24-25-21)15-5-3-2-4-6-15;;;/h2-5,7-10H,6,11-16H2,1H3;2-8H,9-14H2,1H3,(H,23,24);2-6,13-14H,7-12H2,1H3;3*1H4. The summed E-state index contributed by atoms with van der Waals surface area (Å²) in [5.41, 5.74) is 14.0. The Bertz CT molecular complexity index is 4060. The molecule has 3 saturated heterocycles. The topological polar surface area (TPSA) is 192 Å². The zero-order chi connectivity index (χ0) is 61.5. The van der Waals surface area contributed by atoms with Crippen LogP contribution in [0.3, 0.4) is 0 Å². The fourth-order valence-corrected chi connectivity index (χ4v) is 13.2. The molecule has 3 fully saturated rings. The monoisotopic (exact) mass is 1330 g/mol. The molecule has 8 aromatic heterocycles. The summed E-state index contributed by atoms with van der Waals surface area (Å²) in [6.07, 6.45) is 9.08. The van der Waals surface area contributed by atoms with E-state index in [0.29, 0.717) is 43.4 Å². The minimum atomic E-state index is 0. The summed E-state index contributed by atoms with van der Waals surface area (Å²) in [6.45, 7) is 18.0. The molecule has 3 aliphatic heterocycles. The summed E-state index contributed by atoms with van der Waals surface area (Å²) in [5.74, 6) is 0. The van der Waals surface area contributed by atoms with Gasteiger partial charge in [-0.15, -0.1) is 41.9 Å². The maximum absolute atomic E-state index is 6.91. The van der Waals surface area contributed by atoms with Crippen LogP contribution < -0.4 is 0 Å². The number of hydrogen-bond donors (Lipinski definition) is 1. The number of piperazine rings is 3. The molecule has 1 aliphatic carbocycles. The van der Waals surface area contributed by atoms with Crippen molar-refractivity contribution in [3.05, 3.63) is 153 Å². The van der Waals surface area contributed by atoms with Gasteiger partial charge in [0.05, 0.1) is 62.1 Å². The number of nitrogens with zero attached hydrogens (tertiary/aromatic N) is 20. The Hall–Kier alpha value is -7.74. The highest BCUT2D eigenvalue weighted by Crippen LogP contribution is 2.40. The maximum Gasteiger partial charge on any atom is 0.182 e. The first-order valence-electron chi connectivity index (χ1n) is 30.5. The third-order valence-electron chi connectivity index (χ3n) is 17.1. The van der Waals surface area contributed by atoms with Gasteiger partial charge in [-0.1, -0.05) is 166 Å². The van der Waals surface area contributed by atoms with E-state index in [1.54, 1.807) is 17.5 Å². The zero-order valence-corrected chi connectivity index (χ0v) is 53.7. The predicted octanol–water partition coefficient (Wildman–Crippen LogP) is 11.9. The van der Waals surface area contributed by atoms with E-state index in [1.807, 2.05) is 122 Å². The Labute approximate surface area is 563 Å². The lowest BCUT2D eigenvalue weighted by Gasteiger charge is -2.32. The molecule has 21 nitrogen and oxygen atoms in total. The lowest BCUT2D eigenvalue weighted by atomic mass is 10.1. The molecular weight excluding hydrogens is 1250 g/mol. The van der Waals surface area contributed by atoms with Gasteiger partial charge >= 0.3 is 0 Å². The van der Waals surface area contributed by atoms with Gasteiger partial charge in [0.25, 0.3) is 0 Å². The Morgan fingerprint density at radius 2 is 0.828 bits per heavy atom. The van der Waals surface area contributed by atoms with Crippen molar-refractivity contribution in [2.75, 3.05) is 119 Å². The second-order valence-electron chi connectivity index (χ2n) is 23.1. The number of likely N-dealkylation sites (N-methyl/N-ethyl adjacent to an activating group) is 3. The molecule has 3 aromatic carbocycles. The second kappa shape index (κ2) is 31.5. The van der Waals surface area contributed by atoms with E-state index in [-0.39, 0.29) is 22.3 Å². The van der Waals surface area contributed by atoms with E-state index in [2.05, 4.69) is 115 Å². The van der Waals surface area contributed by atoms with Crippen molar-refractivity contribution in [3.63, 3.8) is 0 Å². The predicted molar refractivity (Wildman–Crippen MR) is 380 cm³/mol. The van der Waals surface area contributed by atoms with Crippen LogP contribution in [0.4, 0.5) is 0 Å². The fraction of sp³-hybridized carbons (Fsp3) is 0.368.